The Morgan fingerprint density at radius 2 is 1.65 bits per heavy atom. The van der Waals surface area contributed by atoms with Gasteiger partial charge < -0.3 is 44.6 Å². The van der Waals surface area contributed by atoms with Gasteiger partial charge in [0.25, 0.3) is 5.91 Å². The molecule has 3 aliphatic heterocycles. The van der Waals surface area contributed by atoms with Crippen LogP contribution in [0.25, 0.3) is 44.2 Å². The van der Waals surface area contributed by atoms with Gasteiger partial charge in [-0.3, -0.25) is 9.59 Å². The molecule has 0 bridgehead atoms. The Morgan fingerprint density at radius 3 is 2.42 bits per heavy atom. The predicted molar refractivity (Wildman–Crippen MR) is 232 cm³/mol. The van der Waals surface area contributed by atoms with Gasteiger partial charge in [-0.05, 0) is 83.0 Å². The number of imidazole rings is 2. The van der Waals surface area contributed by atoms with Crippen molar-refractivity contribution in [3.8, 4) is 28.1 Å². The minimum absolute atomic E-state index is 0.135. The molecule has 62 heavy (non-hydrogen) atoms. The minimum Gasteiger partial charge on any atom is -0.488 e. The molecular formula is C47H50N8O7. The second-order valence-corrected chi connectivity index (χ2v) is 16.9. The van der Waals surface area contributed by atoms with Crippen molar-refractivity contribution in [2.24, 2.45) is 11.8 Å². The van der Waals surface area contributed by atoms with Gasteiger partial charge in [0.2, 0.25) is 5.91 Å². The van der Waals surface area contributed by atoms with E-state index in [1.54, 1.807) is 11.1 Å². The molecule has 6 aromatic rings. The molecule has 0 saturated carbocycles. The van der Waals surface area contributed by atoms with Gasteiger partial charge in [0.15, 0.2) is 0 Å². The second kappa shape index (κ2) is 16.5. The van der Waals surface area contributed by atoms with E-state index in [-0.39, 0.29) is 35.7 Å². The molecule has 15 nitrogen and oxygen atoms in total. The largest absolute Gasteiger partial charge is 0.488 e. The maximum atomic E-state index is 14.0. The topological polar surface area (TPSA) is 184 Å². The summed E-state index contributed by atoms with van der Waals surface area (Å²) in [6, 6.07) is 21.6. The number of ether oxygens (including phenoxy) is 3. The summed E-state index contributed by atoms with van der Waals surface area (Å²) in [5.74, 6) is 1.90. The molecule has 320 valence electrons. The summed E-state index contributed by atoms with van der Waals surface area (Å²) in [4.78, 5) is 72.8. The van der Waals surface area contributed by atoms with Crippen molar-refractivity contribution in [1.82, 2.24) is 40.4 Å². The van der Waals surface area contributed by atoms with E-state index in [1.807, 2.05) is 55.1 Å². The number of carbonyl (C=O) groups excluding carboxylic acids is 4. The first kappa shape index (κ1) is 40.5. The minimum atomic E-state index is -0.895. The van der Waals surface area contributed by atoms with Crippen LogP contribution in [0, 0.1) is 11.8 Å². The number of aromatic amines is 2. The van der Waals surface area contributed by atoms with Crippen molar-refractivity contribution >= 4 is 45.8 Å². The normalized spacial score (nSPS) is 19.2. The van der Waals surface area contributed by atoms with Crippen LogP contribution in [0.2, 0.25) is 0 Å². The number of alkyl carbamates (subject to hydrolysis) is 2. The molecule has 2 fully saturated rings. The number of rotatable bonds is 9. The van der Waals surface area contributed by atoms with E-state index >= 15 is 0 Å². The number of likely N-dealkylation sites (tertiary alicyclic amines) is 2. The Hall–Kier alpha value is -6.90. The standard InChI is InChI=1S/C47H50N8O7/c1-25(2)39(52-46(58)60-4)44(56)55-23-26(3)18-37(55)43-49-34-16-14-28-20-33-31-15-13-29(19-30(31)24-62-38(33)21-32(28)41(34)51-43)35-22-48-42(50-35)36-12-9-17-54(36)45(57)40(53-47(59)61-5)27-10-7-6-8-11-27/h6-8,10-11,13-16,19-22,25-26,36-37,39-40H,9,12,17-18,23-24H2,1-5H3,(H,48,50)(H,49,51)(H,52,58)(H,53,59)/t26-,36-,37-,39-,40-/m0/s1. The highest BCUT2D eigenvalue weighted by molar-refractivity contribution is 6.07. The number of methoxy groups -OCH3 is 2. The lowest BCUT2D eigenvalue weighted by molar-refractivity contribution is -0.136. The van der Waals surface area contributed by atoms with Gasteiger partial charge in [-0.25, -0.2) is 19.6 Å². The molecule has 3 aliphatic rings. The monoisotopic (exact) mass is 838 g/mol. The Bertz CT molecular complexity index is 2690. The number of nitrogens with one attached hydrogen (secondary N) is 4. The molecule has 15 heteroatoms. The fourth-order valence-corrected chi connectivity index (χ4v) is 9.30. The van der Waals surface area contributed by atoms with Crippen molar-refractivity contribution < 1.29 is 33.4 Å². The number of benzene rings is 4. The molecule has 4 amide bonds. The molecule has 0 spiro atoms. The lowest BCUT2D eigenvalue weighted by Crippen LogP contribution is -2.51. The molecule has 4 N–H and O–H groups in total. The average Bonchev–Trinajstić information content (AvgIpc) is 4.12. The number of amides is 4. The molecule has 5 heterocycles. The van der Waals surface area contributed by atoms with Crippen LogP contribution in [0.15, 0.2) is 79.0 Å². The van der Waals surface area contributed by atoms with E-state index in [2.05, 4.69) is 63.9 Å². The SMILES string of the molecule is COC(=O)N[C@H](C(=O)N1CCC[C@H]1c1ncc(-c2ccc3c(c2)COc2cc4c(ccc5[nH]c([C@@H]6C[C@H](C)CN6C(=O)[C@@H](NC(=O)OC)C(C)C)nc54)cc2-3)[nH]1)c1ccccc1. The maximum absolute atomic E-state index is 14.0. The summed E-state index contributed by atoms with van der Waals surface area (Å²) in [6.07, 6.45) is 2.78. The van der Waals surface area contributed by atoms with Crippen molar-refractivity contribution in [2.75, 3.05) is 27.3 Å². The number of H-pyrrole nitrogens is 2. The van der Waals surface area contributed by atoms with Gasteiger partial charge in [-0.1, -0.05) is 69.3 Å². The molecule has 2 aromatic heterocycles. The van der Waals surface area contributed by atoms with Crippen LogP contribution >= 0.6 is 0 Å². The smallest absolute Gasteiger partial charge is 0.407 e. The third-order valence-corrected chi connectivity index (χ3v) is 12.5. The highest BCUT2D eigenvalue weighted by Crippen LogP contribution is 2.44. The third kappa shape index (κ3) is 7.45. The third-order valence-electron chi connectivity index (χ3n) is 12.5. The van der Waals surface area contributed by atoms with Gasteiger partial charge >= 0.3 is 12.2 Å². The number of nitrogens with zero attached hydrogens (tertiary/aromatic N) is 4. The van der Waals surface area contributed by atoms with E-state index in [0.717, 1.165) is 74.8 Å². The molecule has 2 saturated heterocycles. The summed E-state index contributed by atoms with van der Waals surface area (Å²) in [5.41, 5.74) is 7.21. The van der Waals surface area contributed by atoms with Gasteiger partial charge in [-0.15, -0.1) is 0 Å². The summed E-state index contributed by atoms with van der Waals surface area (Å²) >= 11 is 0. The summed E-state index contributed by atoms with van der Waals surface area (Å²) in [7, 11) is 2.57. The highest BCUT2D eigenvalue weighted by Gasteiger charge is 2.41. The van der Waals surface area contributed by atoms with Gasteiger partial charge in [0, 0.05) is 24.0 Å². The Morgan fingerprint density at radius 1 is 0.855 bits per heavy atom. The van der Waals surface area contributed by atoms with Crippen LogP contribution in [0.3, 0.4) is 0 Å². The zero-order valence-corrected chi connectivity index (χ0v) is 35.4. The number of carbonyl (C=O) groups is 4. The number of fused-ring (bicyclic) bond motifs is 6. The molecule has 0 aliphatic carbocycles. The number of hydrogen-bond acceptors (Lipinski definition) is 9. The lowest BCUT2D eigenvalue weighted by atomic mass is 9.92. The first-order valence-corrected chi connectivity index (χ1v) is 21.1. The lowest BCUT2D eigenvalue weighted by Gasteiger charge is -2.30. The van der Waals surface area contributed by atoms with E-state index in [1.165, 1.54) is 14.2 Å². The molecule has 0 radical (unpaired) electrons. The van der Waals surface area contributed by atoms with Crippen molar-refractivity contribution in [3.05, 3.63) is 102 Å². The van der Waals surface area contributed by atoms with Crippen LogP contribution in [0.5, 0.6) is 5.75 Å². The molecular weight excluding hydrogens is 789 g/mol. The van der Waals surface area contributed by atoms with Gasteiger partial charge in [0.1, 0.15) is 36.1 Å². The number of hydrogen-bond donors (Lipinski definition) is 4. The molecule has 4 aromatic carbocycles. The summed E-state index contributed by atoms with van der Waals surface area (Å²) in [5, 5.41) is 7.41. The first-order chi connectivity index (χ1) is 30.0. The predicted octanol–water partition coefficient (Wildman–Crippen LogP) is 7.72. The van der Waals surface area contributed by atoms with E-state index in [4.69, 9.17) is 24.2 Å². The second-order valence-electron chi connectivity index (χ2n) is 16.9. The average molecular weight is 839 g/mol. The fourth-order valence-electron chi connectivity index (χ4n) is 9.30. The van der Waals surface area contributed by atoms with E-state index < -0.39 is 24.3 Å². The van der Waals surface area contributed by atoms with E-state index in [9.17, 15) is 19.2 Å². The first-order valence-electron chi connectivity index (χ1n) is 21.1. The van der Waals surface area contributed by atoms with Crippen LogP contribution in [0.4, 0.5) is 9.59 Å². The Labute approximate surface area is 358 Å². The zero-order chi connectivity index (χ0) is 43.2. The van der Waals surface area contributed by atoms with Crippen LogP contribution in [-0.4, -0.2) is 87.1 Å². The summed E-state index contributed by atoms with van der Waals surface area (Å²) < 4.78 is 16.1. The van der Waals surface area contributed by atoms with Gasteiger partial charge in [0.05, 0.1) is 49.2 Å². The van der Waals surface area contributed by atoms with Crippen molar-refractivity contribution in [1.29, 1.82) is 0 Å². The van der Waals surface area contributed by atoms with Gasteiger partial charge in [-0.2, -0.15) is 0 Å². The van der Waals surface area contributed by atoms with E-state index in [0.29, 0.717) is 36.9 Å². The highest BCUT2D eigenvalue weighted by atomic mass is 16.5. The number of aromatic nitrogens is 4. The molecule has 5 atom stereocenters. The Balaban J connectivity index is 0.960. The van der Waals surface area contributed by atoms with Crippen molar-refractivity contribution in [2.45, 2.75) is 70.8 Å². The van der Waals surface area contributed by atoms with Crippen LogP contribution in [0.1, 0.15) is 80.9 Å². The zero-order valence-electron chi connectivity index (χ0n) is 35.4. The van der Waals surface area contributed by atoms with Crippen LogP contribution in [-0.2, 0) is 25.7 Å². The Kier molecular flexibility index (Phi) is 10.8. The fraction of sp³-hybridized carbons (Fsp3) is 0.362. The molecule has 9 rings (SSSR count). The quantitative estimate of drug-likeness (QED) is 0.113. The van der Waals surface area contributed by atoms with Crippen molar-refractivity contribution in [3.63, 3.8) is 0 Å². The van der Waals surface area contributed by atoms with Crippen LogP contribution < -0.4 is 15.4 Å². The molecule has 0 unspecified atom stereocenters. The maximum Gasteiger partial charge on any atom is 0.407 e. The summed E-state index contributed by atoms with van der Waals surface area (Å²) in [6.45, 7) is 7.41.